The van der Waals surface area contributed by atoms with E-state index in [9.17, 15) is 9.59 Å². The summed E-state index contributed by atoms with van der Waals surface area (Å²) in [5.41, 5.74) is 1.97. The number of hydrogen-bond acceptors (Lipinski definition) is 6. The van der Waals surface area contributed by atoms with Crippen LogP contribution in [0.2, 0.25) is 0 Å². The van der Waals surface area contributed by atoms with Crippen LogP contribution >= 0.6 is 11.3 Å². The molecule has 2 fully saturated rings. The first-order valence-electron chi connectivity index (χ1n) is 13.5. The van der Waals surface area contributed by atoms with Crippen molar-refractivity contribution in [3.05, 3.63) is 46.4 Å². The number of aromatic nitrogens is 1. The first-order chi connectivity index (χ1) is 17.6. The van der Waals surface area contributed by atoms with E-state index in [2.05, 4.69) is 16.0 Å². The minimum absolute atomic E-state index is 0.0129. The van der Waals surface area contributed by atoms with Crippen molar-refractivity contribution >= 4 is 28.8 Å². The SMILES string of the molecule is CC(=O)N1CCC2CCCC(CN(C(=O)CC3CCCCO3)Cc3ccccc31)N2Cc1nccs1. The number of piperidine rings is 1. The van der Waals surface area contributed by atoms with Crippen LogP contribution in [0.25, 0.3) is 0 Å². The van der Waals surface area contributed by atoms with E-state index in [1.54, 1.807) is 18.3 Å². The third-order valence-corrected chi connectivity index (χ3v) is 8.75. The average Bonchev–Trinajstić information content (AvgIpc) is 3.39. The zero-order chi connectivity index (χ0) is 24.9. The molecule has 1 aromatic carbocycles. The zero-order valence-corrected chi connectivity index (χ0v) is 22.1. The van der Waals surface area contributed by atoms with Gasteiger partial charge in [0.05, 0.1) is 19.1 Å². The van der Waals surface area contributed by atoms with Gasteiger partial charge in [-0.25, -0.2) is 4.98 Å². The second-order valence-electron chi connectivity index (χ2n) is 10.4. The lowest BCUT2D eigenvalue weighted by Crippen LogP contribution is -2.52. The van der Waals surface area contributed by atoms with Gasteiger partial charge in [0.1, 0.15) is 5.01 Å². The van der Waals surface area contributed by atoms with E-state index < -0.39 is 0 Å². The normalized spacial score (nSPS) is 25.6. The van der Waals surface area contributed by atoms with E-state index >= 15 is 0 Å². The summed E-state index contributed by atoms with van der Waals surface area (Å²) in [7, 11) is 0. The highest BCUT2D eigenvalue weighted by Gasteiger charge is 2.35. The van der Waals surface area contributed by atoms with Crippen LogP contribution in [-0.2, 0) is 27.4 Å². The highest BCUT2D eigenvalue weighted by Crippen LogP contribution is 2.32. The Morgan fingerprint density at radius 2 is 1.94 bits per heavy atom. The number of thiazole rings is 1. The summed E-state index contributed by atoms with van der Waals surface area (Å²) >= 11 is 1.69. The molecule has 3 unspecified atom stereocenters. The molecule has 0 N–H and O–H groups in total. The molecule has 3 atom stereocenters. The van der Waals surface area contributed by atoms with E-state index in [0.29, 0.717) is 32.1 Å². The van der Waals surface area contributed by atoms with Gasteiger partial charge in [0.25, 0.3) is 0 Å². The third kappa shape index (κ3) is 5.98. The molecule has 8 heteroatoms. The van der Waals surface area contributed by atoms with Crippen molar-refractivity contribution in [1.29, 1.82) is 0 Å². The topological polar surface area (TPSA) is 66.0 Å². The molecule has 2 bridgehead atoms. The first-order valence-corrected chi connectivity index (χ1v) is 14.4. The average molecular weight is 511 g/mol. The zero-order valence-electron chi connectivity index (χ0n) is 21.3. The van der Waals surface area contributed by atoms with Gasteiger partial charge in [-0.05, 0) is 50.2 Å². The molecular formula is C28H38N4O3S. The predicted molar refractivity (Wildman–Crippen MR) is 142 cm³/mol. The first kappa shape index (κ1) is 25.4. The van der Waals surface area contributed by atoms with Gasteiger partial charge in [-0.3, -0.25) is 14.5 Å². The van der Waals surface area contributed by atoms with E-state index in [4.69, 9.17) is 4.74 Å². The molecule has 0 aliphatic carbocycles. The monoisotopic (exact) mass is 510 g/mol. The molecule has 2 amide bonds. The molecule has 2 aromatic rings. The minimum atomic E-state index is 0.0129. The van der Waals surface area contributed by atoms with Crippen LogP contribution in [0.1, 0.15) is 68.9 Å². The van der Waals surface area contributed by atoms with Crippen LogP contribution in [0.5, 0.6) is 0 Å². The fourth-order valence-electron chi connectivity index (χ4n) is 6.11. The Labute approximate surface area is 218 Å². The van der Waals surface area contributed by atoms with Crippen molar-refractivity contribution in [1.82, 2.24) is 14.8 Å². The number of benzene rings is 1. The number of anilines is 1. The largest absolute Gasteiger partial charge is 0.378 e. The molecule has 194 valence electrons. The quantitative estimate of drug-likeness (QED) is 0.601. The van der Waals surface area contributed by atoms with Crippen molar-refractivity contribution in [2.24, 2.45) is 0 Å². The second-order valence-corrected chi connectivity index (χ2v) is 11.4. The number of amides is 2. The number of carbonyl (C=O) groups is 2. The van der Waals surface area contributed by atoms with Crippen LogP contribution in [0.3, 0.4) is 0 Å². The van der Waals surface area contributed by atoms with Crippen molar-refractivity contribution < 1.29 is 14.3 Å². The number of carbonyl (C=O) groups excluding carboxylic acids is 2. The Hall–Kier alpha value is -2.29. The molecular weight excluding hydrogens is 472 g/mol. The van der Waals surface area contributed by atoms with Gasteiger partial charge in [0, 0.05) is 62.5 Å². The van der Waals surface area contributed by atoms with Gasteiger partial charge in [-0.1, -0.05) is 24.6 Å². The van der Waals surface area contributed by atoms with E-state index in [1.807, 2.05) is 39.6 Å². The van der Waals surface area contributed by atoms with E-state index in [0.717, 1.165) is 74.4 Å². The summed E-state index contributed by atoms with van der Waals surface area (Å²) in [5.74, 6) is 0.204. The van der Waals surface area contributed by atoms with Crippen LogP contribution in [0, 0.1) is 0 Å². The van der Waals surface area contributed by atoms with Gasteiger partial charge in [-0.2, -0.15) is 0 Å². The predicted octanol–water partition coefficient (Wildman–Crippen LogP) is 4.61. The summed E-state index contributed by atoms with van der Waals surface area (Å²) in [6, 6.07) is 8.74. The number of para-hydroxylation sites is 1. The maximum absolute atomic E-state index is 13.8. The summed E-state index contributed by atoms with van der Waals surface area (Å²) in [5, 5.41) is 3.15. The van der Waals surface area contributed by atoms with Gasteiger partial charge in [-0.15, -0.1) is 11.3 Å². The smallest absolute Gasteiger partial charge is 0.225 e. The molecule has 3 aliphatic rings. The molecule has 0 saturated carbocycles. The lowest BCUT2D eigenvalue weighted by molar-refractivity contribution is -0.137. The summed E-state index contributed by atoms with van der Waals surface area (Å²) in [4.78, 5) is 37.7. The molecule has 0 spiro atoms. The highest BCUT2D eigenvalue weighted by molar-refractivity contribution is 7.09. The molecule has 4 heterocycles. The molecule has 2 saturated heterocycles. The van der Waals surface area contributed by atoms with Gasteiger partial charge in [0.2, 0.25) is 11.8 Å². The second kappa shape index (κ2) is 11.8. The van der Waals surface area contributed by atoms with Crippen LogP contribution in [-0.4, -0.2) is 64.5 Å². The third-order valence-electron chi connectivity index (χ3n) is 7.98. The van der Waals surface area contributed by atoms with Crippen molar-refractivity contribution in [2.45, 2.75) is 89.6 Å². The van der Waals surface area contributed by atoms with Crippen LogP contribution in [0.15, 0.2) is 35.8 Å². The van der Waals surface area contributed by atoms with Gasteiger partial charge in [0.15, 0.2) is 0 Å². The molecule has 7 nitrogen and oxygen atoms in total. The Morgan fingerprint density at radius 1 is 1.08 bits per heavy atom. The summed E-state index contributed by atoms with van der Waals surface area (Å²) in [6.45, 7) is 5.09. The maximum atomic E-state index is 13.8. The minimum Gasteiger partial charge on any atom is -0.378 e. The number of hydrogen-bond donors (Lipinski definition) is 0. The molecule has 3 aliphatic heterocycles. The summed E-state index contributed by atoms with van der Waals surface area (Å²) in [6.07, 6.45) is 9.72. The molecule has 1 aromatic heterocycles. The highest BCUT2D eigenvalue weighted by atomic mass is 32.1. The molecule has 36 heavy (non-hydrogen) atoms. The Balaban J connectivity index is 1.48. The Bertz CT molecular complexity index is 1020. The number of nitrogens with zero attached hydrogens (tertiary/aromatic N) is 4. The van der Waals surface area contributed by atoms with Gasteiger partial charge >= 0.3 is 0 Å². The Morgan fingerprint density at radius 3 is 2.72 bits per heavy atom. The van der Waals surface area contributed by atoms with Crippen LogP contribution in [0.4, 0.5) is 5.69 Å². The van der Waals surface area contributed by atoms with Crippen molar-refractivity contribution in [2.75, 3.05) is 24.6 Å². The van der Waals surface area contributed by atoms with E-state index in [1.165, 1.54) is 0 Å². The standard InChI is InChI=1S/C28H38N4O3S/c1-21(33)31-14-12-23-8-6-9-24(32(23)20-27-29-13-16-36-27)19-30(18-22-7-2-3-11-26(22)31)28(34)17-25-10-4-5-15-35-25/h2-3,7,11,13,16,23-25H,4-6,8-10,12,14-15,17-20H2,1H3. The number of rotatable bonds is 4. The van der Waals surface area contributed by atoms with Crippen molar-refractivity contribution in [3.63, 3.8) is 0 Å². The fraction of sp³-hybridized carbons (Fsp3) is 0.607. The molecule has 5 rings (SSSR count). The summed E-state index contributed by atoms with van der Waals surface area (Å²) < 4.78 is 5.93. The number of fused-ring (bicyclic) bond motifs is 3. The fourth-order valence-corrected chi connectivity index (χ4v) is 6.74. The number of ether oxygens (including phenoxy) is 1. The van der Waals surface area contributed by atoms with E-state index in [-0.39, 0.29) is 24.0 Å². The maximum Gasteiger partial charge on any atom is 0.225 e. The van der Waals surface area contributed by atoms with Gasteiger partial charge < -0.3 is 14.5 Å². The van der Waals surface area contributed by atoms with Crippen LogP contribution < -0.4 is 4.90 Å². The molecule has 0 radical (unpaired) electrons. The lowest BCUT2D eigenvalue weighted by atomic mass is 9.92. The lowest BCUT2D eigenvalue weighted by Gasteiger charge is -2.44. The van der Waals surface area contributed by atoms with Crippen molar-refractivity contribution in [3.8, 4) is 0 Å². The Kier molecular flexibility index (Phi) is 8.34.